The maximum absolute atomic E-state index is 3.63. The van der Waals surface area contributed by atoms with Gasteiger partial charge in [-0.1, -0.05) is 79.0 Å². The molecular weight excluding hydrogens is 216 g/mol. The van der Waals surface area contributed by atoms with Gasteiger partial charge in [-0.05, 0) is 31.6 Å². The normalized spacial score (nSPS) is 9.67. The first-order valence-corrected chi connectivity index (χ1v) is 7.37. The van der Waals surface area contributed by atoms with Gasteiger partial charge in [-0.25, -0.2) is 0 Å². The predicted molar refractivity (Wildman–Crippen MR) is 89.1 cm³/mol. The molecule has 0 aliphatic heterocycles. The second kappa shape index (κ2) is 14.5. The van der Waals surface area contributed by atoms with Gasteiger partial charge in [0.05, 0.1) is 0 Å². The van der Waals surface area contributed by atoms with E-state index < -0.39 is 0 Å². The van der Waals surface area contributed by atoms with Crippen LogP contribution in [0.5, 0.6) is 0 Å². The predicted octanol–water partition coefficient (Wildman–Crippen LogP) is 7.02. The van der Waals surface area contributed by atoms with E-state index >= 15 is 0 Å². The standard InChI is InChI=1S/C6H12.C6H14.C6H12/c1-5-6(2,3)4;2*1-4-5-6(2)3/h5H,1H2,2-4H3;6H,4-5H2,1-3H3;5H,4H2,1-3H3. The quantitative estimate of drug-likeness (QED) is 0.474. The fourth-order valence-corrected chi connectivity index (χ4v) is 0.986. The Balaban J connectivity index is -0.000000187. The molecule has 0 saturated heterocycles. The largest absolute Gasteiger partial charge is 0.103 e. The van der Waals surface area contributed by atoms with Gasteiger partial charge in [-0.2, -0.15) is 0 Å². The van der Waals surface area contributed by atoms with Crippen molar-refractivity contribution in [1.29, 1.82) is 0 Å². The van der Waals surface area contributed by atoms with E-state index in [1.54, 1.807) is 0 Å². The molecule has 0 spiro atoms. The zero-order valence-corrected chi connectivity index (χ0v) is 14.6. The molecule has 0 atom stereocenters. The van der Waals surface area contributed by atoms with Gasteiger partial charge < -0.3 is 0 Å². The highest BCUT2D eigenvalue weighted by Gasteiger charge is 1.99. The molecule has 110 valence electrons. The Morgan fingerprint density at radius 1 is 1.11 bits per heavy atom. The average Bonchev–Trinajstić information content (AvgIpc) is 2.18. The first-order valence-electron chi connectivity index (χ1n) is 7.37. The smallest absolute Gasteiger partial charge is 0.0206 e. The van der Waals surface area contributed by atoms with Crippen LogP contribution >= 0.6 is 0 Å². The minimum Gasteiger partial charge on any atom is -0.103 e. The van der Waals surface area contributed by atoms with Crippen molar-refractivity contribution in [2.75, 3.05) is 0 Å². The Kier molecular flexibility index (Phi) is 18.3. The highest BCUT2D eigenvalue weighted by atomic mass is 14.0. The summed E-state index contributed by atoms with van der Waals surface area (Å²) in [7, 11) is 0. The van der Waals surface area contributed by atoms with Crippen LogP contribution in [0.2, 0.25) is 0 Å². The topological polar surface area (TPSA) is 0 Å². The summed E-state index contributed by atoms with van der Waals surface area (Å²) < 4.78 is 0. The van der Waals surface area contributed by atoms with Crippen molar-refractivity contribution in [1.82, 2.24) is 0 Å². The Labute approximate surface area is 118 Å². The van der Waals surface area contributed by atoms with E-state index in [4.69, 9.17) is 0 Å². The van der Waals surface area contributed by atoms with Crippen LogP contribution in [0.4, 0.5) is 0 Å². The lowest BCUT2D eigenvalue weighted by Gasteiger charge is -2.08. The number of allylic oxidation sites excluding steroid dienone is 3. The second-order valence-electron chi connectivity index (χ2n) is 6.44. The molecule has 0 unspecified atom stereocenters. The first-order chi connectivity index (χ1) is 8.10. The molecule has 0 aliphatic carbocycles. The van der Waals surface area contributed by atoms with Crippen LogP contribution < -0.4 is 0 Å². The minimum absolute atomic E-state index is 0.306. The Hall–Kier alpha value is -0.520. The number of rotatable bonds is 3. The average molecular weight is 255 g/mol. The number of hydrogen-bond acceptors (Lipinski definition) is 0. The molecule has 18 heavy (non-hydrogen) atoms. The fraction of sp³-hybridized carbons (Fsp3) is 0.778. The molecule has 0 heterocycles. The lowest BCUT2D eigenvalue weighted by atomic mass is 9.98. The van der Waals surface area contributed by atoms with Gasteiger partial charge in [-0.3, -0.25) is 0 Å². The van der Waals surface area contributed by atoms with Crippen LogP contribution in [-0.4, -0.2) is 0 Å². The van der Waals surface area contributed by atoms with E-state index in [1.165, 1.54) is 24.8 Å². The molecule has 0 amide bonds. The molecule has 0 heteroatoms. The van der Waals surface area contributed by atoms with E-state index in [1.807, 2.05) is 6.08 Å². The highest BCUT2D eigenvalue weighted by Crippen LogP contribution is 2.11. The summed E-state index contributed by atoms with van der Waals surface area (Å²) in [6, 6.07) is 0. The number of hydrogen-bond donors (Lipinski definition) is 0. The lowest BCUT2D eigenvalue weighted by Crippen LogP contribution is -1.96. The lowest BCUT2D eigenvalue weighted by molar-refractivity contribution is 0.546. The third kappa shape index (κ3) is 45.1. The van der Waals surface area contributed by atoms with Gasteiger partial charge in [0.2, 0.25) is 0 Å². The molecule has 0 aromatic carbocycles. The monoisotopic (exact) mass is 254 g/mol. The van der Waals surface area contributed by atoms with Crippen LogP contribution in [0.1, 0.15) is 81.6 Å². The fourth-order valence-electron chi connectivity index (χ4n) is 0.986. The van der Waals surface area contributed by atoms with Crippen molar-refractivity contribution in [3.8, 4) is 0 Å². The third-order valence-corrected chi connectivity index (χ3v) is 2.09. The molecule has 0 aromatic heterocycles. The van der Waals surface area contributed by atoms with Crippen LogP contribution in [0.3, 0.4) is 0 Å². The van der Waals surface area contributed by atoms with E-state index in [0.29, 0.717) is 5.41 Å². The van der Waals surface area contributed by atoms with Gasteiger partial charge in [0, 0.05) is 0 Å². The molecule has 0 aliphatic rings. The summed E-state index contributed by atoms with van der Waals surface area (Å²) in [5.74, 6) is 0.898. The molecule has 0 fully saturated rings. The van der Waals surface area contributed by atoms with Crippen LogP contribution in [-0.2, 0) is 0 Å². The van der Waals surface area contributed by atoms with Crippen LogP contribution in [0.25, 0.3) is 0 Å². The second-order valence-corrected chi connectivity index (χ2v) is 6.44. The summed E-state index contributed by atoms with van der Waals surface area (Å²) >= 11 is 0. The van der Waals surface area contributed by atoms with Crippen molar-refractivity contribution in [3.63, 3.8) is 0 Å². The van der Waals surface area contributed by atoms with E-state index in [-0.39, 0.29) is 0 Å². The maximum atomic E-state index is 3.63. The van der Waals surface area contributed by atoms with E-state index in [2.05, 4.69) is 75.0 Å². The molecule has 0 bridgehead atoms. The molecule has 0 saturated carbocycles. The zero-order valence-electron chi connectivity index (χ0n) is 14.6. The van der Waals surface area contributed by atoms with Crippen molar-refractivity contribution in [2.45, 2.75) is 81.6 Å². The molecule has 0 rings (SSSR count). The summed E-state index contributed by atoms with van der Waals surface area (Å²) in [6.07, 6.45) is 8.02. The SMILES string of the molecule is C=CC(C)(C)C.CCC=C(C)C.CCCC(C)C. The van der Waals surface area contributed by atoms with Crippen molar-refractivity contribution in [2.24, 2.45) is 11.3 Å². The summed E-state index contributed by atoms with van der Waals surface area (Å²) in [5, 5.41) is 0. The Morgan fingerprint density at radius 2 is 1.50 bits per heavy atom. The first kappa shape index (κ1) is 22.6. The summed E-state index contributed by atoms with van der Waals surface area (Å²) in [5.41, 5.74) is 1.72. The van der Waals surface area contributed by atoms with Gasteiger partial charge in [0.1, 0.15) is 0 Å². The summed E-state index contributed by atoms with van der Waals surface area (Å²) in [4.78, 5) is 0. The summed E-state index contributed by atoms with van der Waals surface area (Å²) in [6.45, 7) is 23.1. The van der Waals surface area contributed by atoms with Crippen molar-refractivity contribution >= 4 is 0 Å². The maximum Gasteiger partial charge on any atom is -0.0206 e. The minimum atomic E-state index is 0.306. The molecule has 0 nitrogen and oxygen atoms in total. The van der Waals surface area contributed by atoms with Gasteiger partial charge >= 0.3 is 0 Å². The Bertz CT molecular complexity index is 185. The highest BCUT2D eigenvalue weighted by molar-refractivity contribution is 4.91. The van der Waals surface area contributed by atoms with Crippen molar-refractivity contribution < 1.29 is 0 Å². The zero-order chi connectivity index (χ0) is 15.2. The molecule has 0 radical (unpaired) electrons. The van der Waals surface area contributed by atoms with Gasteiger partial charge in [-0.15, -0.1) is 6.58 Å². The van der Waals surface area contributed by atoms with Crippen molar-refractivity contribution in [3.05, 3.63) is 24.3 Å². The van der Waals surface area contributed by atoms with Crippen LogP contribution in [0.15, 0.2) is 24.3 Å². The van der Waals surface area contributed by atoms with Gasteiger partial charge in [0.25, 0.3) is 0 Å². The van der Waals surface area contributed by atoms with E-state index in [0.717, 1.165) is 5.92 Å². The molecular formula is C18H38. The van der Waals surface area contributed by atoms with Crippen LogP contribution in [0, 0.1) is 11.3 Å². The Morgan fingerprint density at radius 3 is 1.50 bits per heavy atom. The van der Waals surface area contributed by atoms with E-state index in [9.17, 15) is 0 Å². The molecule has 0 N–H and O–H groups in total. The van der Waals surface area contributed by atoms with Gasteiger partial charge in [0.15, 0.2) is 0 Å². The third-order valence-electron chi connectivity index (χ3n) is 2.09. The molecule has 0 aromatic rings.